The van der Waals surface area contributed by atoms with Gasteiger partial charge in [0.05, 0.1) is 0 Å². The number of rotatable bonds is 7. The van der Waals surface area contributed by atoms with E-state index in [4.69, 9.17) is 9.84 Å². The number of aryl methyl sites for hydroxylation is 1. The van der Waals surface area contributed by atoms with Gasteiger partial charge in [0.15, 0.2) is 29.8 Å². The van der Waals surface area contributed by atoms with Crippen molar-refractivity contribution in [3.05, 3.63) is 88.7 Å². The molecule has 156 valence electrons. The van der Waals surface area contributed by atoms with Gasteiger partial charge in [-0.25, -0.2) is 26.7 Å². The van der Waals surface area contributed by atoms with Crippen LogP contribution in [0.1, 0.15) is 11.1 Å². The first-order chi connectivity index (χ1) is 14.3. The van der Waals surface area contributed by atoms with Crippen LogP contribution in [0.4, 0.5) is 22.0 Å². The number of carboxylic acids is 1. The summed E-state index contributed by atoms with van der Waals surface area (Å²) in [5, 5.41) is 8.62. The first kappa shape index (κ1) is 21.3. The summed E-state index contributed by atoms with van der Waals surface area (Å²) in [5.74, 6) is -6.39. The lowest BCUT2D eigenvalue weighted by Crippen LogP contribution is -2.11. The summed E-state index contributed by atoms with van der Waals surface area (Å²) in [4.78, 5) is 10.6. The molecular formula is C22H15F5O3. The smallest absolute Gasteiger partial charge is 0.341 e. The van der Waals surface area contributed by atoms with Gasteiger partial charge in [-0.05, 0) is 65.9 Å². The van der Waals surface area contributed by atoms with Crippen LogP contribution in [0.5, 0.6) is 5.75 Å². The molecule has 0 unspecified atom stereocenters. The van der Waals surface area contributed by atoms with Gasteiger partial charge in [0.25, 0.3) is 0 Å². The van der Waals surface area contributed by atoms with Gasteiger partial charge in [-0.1, -0.05) is 12.1 Å². The predicted octanol–water partition coefficient (Wildman–Crippen LogP) is 5.30. The molecule has 0 aliphatic heterocycles. The Bertz CT molecular complexity index is 1100. The zero-order chi connectivity index (χ0) is 21.8. The Morgan fingerprint density at radius 1 is 0.767 bits per heavy atom. The second-order valence-electron chi connectivity index (χ2n) is 6.46. The SMILES string of the molecule is O=C(O)COc1ccc(F)c(CCc2cc(-c3ccc(F)c(F)c3)ccc2F)c1F. The Balaban J connectivity index is 1.84. The number of ether oxygens (including phenoxy) is 1. The maximum absolute atomic E-state index is 14.5. The quantitative estimate of drug-likeness (QED) is 0.526. The zero-order valence-electron chi connectivity index (χ0n) is 15.4. The lowest BCUT2D eigenvalue weighted by atomic mass is 9.98. The lowest BCUT2D eigenvalue weighted by molar-refractivity contribution is -0.139. The molecule has 0 aliphatic rings. The van der Waals surface area contributed by atoms with Gasteiger partial charge in [0, 0.05) is 5.56 Å². The van der Waals surface area contributed by atoms with E-state index >= 15 is 0 Å². The van der Waals surface area contributed by atoms with Crippen LogP contribution >= 0.6 is 0 Å². The van der Waals surface area contributed by atoms with Crippen molar-refractivity contribution in [1.82, 2.24) is 0 Å². The highest BCUT2D eigenvalue weighted by molar-refractivity contribution is 5.68. The molecule has 0 fully saturated rings. The molecule has 0 saturated carbocycles. The topological polar surface area (TPSA) is 46.5 Å². The molecule has 3 nitrogen and oxygen atoms in total. The van der Waals surface area contributed by atoms with Crippen molar-refractivity contribution in [2.45, 2.75) is 12.8 Å². The summed E-state index contributed by atoms with van der Waals surface area (Å²) in [7, 11) is 0. The Labute approximate surface area is 168 Å². The van der Waals surface area contributed by atoms with E-state index in [1.807, 2.05) is 0 Å². The lowest BCUT2D eigenvalue weighted by Gasteiger charge is -2.11. The highest BCUT2D eigenvalue weighted by atomic mass is 19.2. The third kappa shape index (κ3) is 4.76. The summed E-state index contributed by atoms with van der Waals surface area (Å²) in [6, 6.07) is 9.06. The molecule has 0 atom stereocenters. The molecule has 0 bridgehead atoms. The Kier molecular flexibility index (Phi) is 6.34. The molecule has 0 spiro atoms. The van der Waals surface area contributed by atoms with Gasteiger partial charge in [-0.3, -0.25) is 0 Å². The number of carbonyl (C=O) groups is 1. The molecule has 0 saturated heterocycles. The molecule has 0 aromatic heterocycles. The van der Waals surface area contributed by atoms with Crippen LogP contribution in [0.15, 0.2) is 48.5 Å². The van der Waals surface area contributed by atoms with Crippen LogP contribution in [0.3, 0.4) is 0 Å². The van der Waals surface area contributed by atoms with Crippen LogP contribution in [-0.2, 0) is 17.6 Å². The van der Waals surface area contributed by atoms with E-state index in [2.05, 4.69) is 0 Å². The molecule has 0 aliphatic carbocycles. The van der Waals surface area contributed by atoms with Gasteiger partial charge in [-0.15, -0.1) is 0 Å². The Morgan fingerprint density at radius 3 is 2.07 bits per heavy atom. The fourth-order valence-corrected chi connectivity index (χ4v) is 2.94. The fourth-order valence-electron chi connectivity index (χ4n) is 2.94. The molecule has 30 heavy (non-hydrogen) atoms. The summed E-state index contributed by atoms with van der Waals surface area (Å²) in [6.45, 7) is -0.799. The highest BCUT2D eigenvalue weighted by Gasteiger charge is 2.17. The second-order valence-corrected chi connectivity index (χ2v) is 6.46. The van der Waals surface area contributed by atoms with Crippen LogP contribution in [0, 0.1) is 29.1 Å². The van der Waals surface area contributed by atoms with Crippen molar-refractivity contribution < 1.29 is 36.6 Å². The van der Waals surface area contributed by atoms with Crippen molar-refractivity contribution in [3.63, 3.8) is 0 Å². The number of benzene rings is 3. The monoisotopic (exact) mass is 422 g/mol. The van der Waals surface area contributed by atoms with Gasteiger partial charge in [0.2, 0.25) is 0 Å². The van der Waals surface area contributed by atoms with Crippen LogP contribution < -0.4 is 4.74 Å². The molecule has 8 heteroatoms. The van der Waals surface area contributed by atoms with Crippen molar-refractivity contribution in [3.8, 4) is 16.9 Å². The minimum atomic E-state index is -1.32. The predicted molar refractivity (Wildman–Crippen MR) is 98.6 cm³/mol. The van der Waals surface area contributed by atoms with Gasteiger partial charge < -0.3 is 9.84 Å². The molecule has 1 N–H and O–H groups in total. The Hall–Kier alpha value is -3.42. The second kappa shape index (κ2) is 8.94. The average molecular weight is 422 g/mol. The van der Waals surface area contributed by atoms with Gasteiger partial charge >= 0.3 is 5.97 Å². The van der Waals surface area contributed by atoms with E-state index in [-0.39, 0.29) is 24.0 Å². The van der Waals surface area contributed by atoms with E-state index in [9.17, 15) is 26.7 Å². The summed E-state index contributed by atoms with van der Waals surface area (Å²) in [5.41, 5.74) is 0.463. The van der Waals surface area contributed by atoms with Crippen LogP contribution in [0.25, 0.3) is 11.1 Å². The van der Waals surface area contributed by atoms with Crippen molar-refractivity contribution in [2.24, 2.45) is 0 Å². The molecule has 0 radical (unpaired) electrons. The summed E-state index contributed by atoms with van der Waals surface area (Å²) >= 11 is 0. The van der Waals surface area contributed by atoms with E-state index in [1.54, 1.807) is 0 Å². The molecule has 3 aromatic rings. The van der Waals surface area contributed by atoms with Crippen molar-refractivity contribution in [2.75, 3.05) is 6.61 Å². The first-order valence-electron chi connectivity index (χ1n) is 8.81. The minimum absolute atomic E-state index is 0.0976. The van der Waals surface area contributed by atoms with E-state index in [1.165, 1.54) is 18.2 Å². The molecule has 0 amide bonds. The van der Waals surface area contributed by atoms with Gasteiger partial charge in [0.1, 0.15) is 11.6 Å². The van der Waals surface area contributed by atoms with Crippen LogP contribution in [0.2, 0.25) is 0 Å². The first-order valence-corrected chi connectivity index (χ1v) is 8.81. The molecule has 0 heterocycles. The third-order valence-electron chi connectivity index (χ3n) is 4.44. The maximum Gasteiger partial charge on any atom is 0.341 e. The number of hydrogen-bond acceptors (Lipinski definition) is 2. The highest BCUT2D eigenvalue weighted by Crippen LogP contribution is 2.27. The maximum atomic E-state index is 14.5. The largest absolute Gasteiger partial charge is 0.479 e. The van der Waals surface area contributed by atoms with Crippen molar-refractivity contribution >= 4 is 5.97 Å². The summed E-state index contributed by atoms with van der Waals surface area (Å²) in [6.07, 6.45) is -0.334. The summed E-state index contributed by atoms with van der Waals surface area (Å²) < 4.78 is 74.2. The number of aliphatic carboxylic acids is 1. The van der Waals surface area contributed by atoms with E-state index in [0.29, 0.717) is 11.1 Å². The van der Waals surface area contributed by atoms with Crippen LogP contribution in [-0.4, -0.2) is 17.7 Å². The zero-order valence-corrected chi connectivity index (χ0v) is 15.4. The molecular weight excluding hydrogens is 407 g/mol. The van der Waals surface area contributed by atoms with E-state index in [0.717, 1.165) is 30.3 Å². The molecule has 3 aromatic carbocycles. The molecule has 3 rings (SSSR count). The standard InChI is InChI=1S/C22H15F5O3/c23-16-5-2-12(13-3-6-18(25)19(26)10-13)9-14(16)1-4-15-17(24)7-8-20(22(15)27)30-11-21(28)29/h2-3,5-10H,1,4,11H2,(H,28,29). The number of hydrogen-bond donors (Lipinski definition) is 1. The third-order valence-corrected chi connectivity index (χ3v) is 4.44. The van der Waals surface area contributed by atoms with Crippen molar-refractivity contribution in [1.29, 1.82) is 0 Å². The van der Waals surface area contributed by atoms with E-state index < -0.39 is 47.4 Å². The fraction of sp³-hybridized carbons (Fsp3) is 0.136. The van der Waals surface area contributed by atoms with Gasteiger partial charge in [-0.2, -0.15) is 0 Å². The normalized spacial score (nSPS) is 10.8. The number of halogens is 5. The minimum Gasteiger partial charge on any atom is -0.479 e. The average Bonchev–Trinajstić information content (AvgIpc) is 2.70. The Morgan fingerprint density at radius 2 is 1.40 bits per heavy atom. The number of carboxylic acid groups (broad SMARTS) is 1.